The molecule has 0 unspecified atom stereocenters. The van der Waals surface area contributed by atoms with Gasteiger partial charge in [-0.15, -0.1) is 0 Å². The third-order valence-corrected chi connectivity index (χ3v) is 9.27. The highest BCUT2D eigenvalue weighted by Gasteiger charge is 2.34. The van der Waals surface area contributed by atoms with E-state index in [1.165, 1.54) is 23.1 Å². The topological polar surface area (TPSA) is 86.8 Å². The number of unbranched alkanes of at least 4 members (excludes halogenated alkanes) is 1. The molecule has 0 aliphatic carbocycles. The Hall–Kier alpha value is -4.14. The maximum Gasteiger partial charge on any atom is 0.264 e. The maximum atomic E-state index is 14.5. The van der Waals surface area contributed by atoms with E-state index in [4.69, 9.17) is 11.6 Å². The molecule has 0 fully saturated rings. The molecule has 0 saturated carbocycles. The summed E-state index contributed by atoms with van der Waals surface area (Å²) in [6.07, 6.45) is 1.97. The third kappa shape index (κ3) is 8.71. The number of anilines is 1. The van der Waals surface area contributed by atoms with Crippen LogP contribution in [0.15, 0.2) is 114 Å². The molecule has 0 heterocycles. The lowest BCUT2D eigenvalue weighted by Crippen LogP contribution is -2.53. The first-order valence-corrected chi connectivity index (χ1v) is 16.5. The average molecular weight is 632 g/mol. The molecule has 0 aromatic heterocycles. The van der Waals surface area contributed by atoms with Crippen LogP contribution in [-0.2, 0) is 32.6 Å². The molecule has 0 aliphatic heterocycles. The Kier molecular flexibility index (Phi) is 11.6. The van der Waals surface area contributed by atoms with Crippen molar-refractivity contribution >= 4 is 39.1 Å². The Morgan fingerprint density at radius 3 is 2.16 bits per heavy atom. The molecule has 0 radical (unpaired) electrons. The summed E-state index contributed by atoms with van der Waals surface area (Å²) in [6.45, 7) is 4.07. The number of hydrogen-bond donors (Lipinski definition) is 1. The van der Waals surface area contributed by atoms with E-state index in [-0.39, 0.29) is 29.5 Å². The number of nitrogens with one attached hydrogen (secondary N) is 1. The number of hydrogen-bond acceptors (Lipinski definition) is 4. The van der Waals surface area contributed by atoms with Crippen LogP contribution in [0.4, 0.5) is 5.69 Å². The molecule has 0 saturated heterocycles. The van der Waals surface area contributed by atoms with Gasteiger partial charge >= 0.3 is 0 Å². The number of amides is 2. The first-order valence-electron chi connectivity index (χ1n) is 14.7. The third-order valence-electron chi connectivity index (χ3n) is 7.24. The van der Waals surface area contributed by atoms with Crippen molar-refractivity contribution in [2.45, 2.75) is 50.6 Å². The zero-order valence-electron chi connectivity index (χ0n) is 25.0. The number of rotatable bonds is 14. The summed E-state index contributed by atoms with van der Waals surface area (Å²) in [5, 5.41) is 3.33. The molecular formula is C35H38ClN3O4S. The van der Waals surface area contributed by atoms with Crippen LogP contribution >= 0.6 is 11.6 Å². The van der Waals surface area contributed by atoms with E-state index in [1.54, 1.807) is 36.4 Å². The van der Waals surface area contributed by atoms with Crippen molar-refractivity contribution in [3.8, 4) is 0 Å². The summed E-state index contributed by atoms with van der Waals surface area (Å²) < 4.78 is 29.1. The summed E-state index contributed by atoms with van der Waals surface area (Å²) in [4.78, 5) is 29.8. The van der Waals surface area contributed by atoms with E-state index in [0.717, 1.165) is 33.8 Å². The van der Waals surface area contributed by atoms with Crippen LogP contribution in [0.1, 0.15) is 36.5 Å². The molecule has 0 bridgehead atoms. The number of sulfonamides is 1. The minimum absolute atomic E-state index is 0.0381. The van der Waals surface area contributed by atoms with Gasteiger partial charge in [-0.05, 0) is 54.8 Å². The monoisotopic (exact) mass is 631 g/mol. The van der Waals surface area contributed by atoms with Gasteiger partial charge in [0.25, 0.3) is 10.0 Å². The number of nitrogens with zero attached hydrogens (tertiary/aromatic N) is 2. The van der Waals surface area contributed by atoms with E-state index in [1.807, 2.05) is 68.4 Å². The number of carbonyl (C=O) groups excluding carboxylic acids is 2. The number of benzene rings is 4. The Morgan fingerprint density at radius 1 is 0.841 bits per heavy atom. The van der Waals surface area contributed by atoms with Crippen LogP contribution in [0.2, 0.25) is 5.02 Å². The Labute approximate surface area is 265 Å². The first-order chi connectivity index (χ1) is 21.2. The second-order valence-electron chi connectivity index (χ2n) is 10.7. The summed E-state index contributed by atoms with van der Waals surface area (Å²) in [6, 6.07) is 30.7. The molecule has 0 aliphatic rings. The number of aryl methyl sites for hydroxylation is 1. The summed E-state index contributed by atoms with van der Waals surface area (Å²) in [5.41, 5.74) is 2.97. The van der Waals surface area contributed by atoms with E-state index >= 15 is 0 Å². The van der Waals surface area contributed by atoms with Crippen LogP contribution in [-0.4, -0.2) is 44.3 Å². The zero-order valence-corrected chi connectivity index (χ0v) is 26.6. The van der Waals surface area contributed by atoms with Gasteiger partial charge in [0.15, 0.2) is 0 Å². The van der Waals surface area contributed by atoms with Crippen molar-refractivity contribution in [2.24, 2.45) is 0 Å². The summed E-state index contributed by atoms with van der Waals surface area (Å²) in [7, 11) is -4.17. The van der Waals surface area contributed by atoms with Gasteiger partial charge in [0.05, 0.1) is 10.6 Å². The molecule has 9 heteroatoms. The van der Waals surface area contributed by atoms with Crippen molar-refractivity contribution in [1.29, 1.82) is 0 Å². The van der Waals surface area contributed by atoms with Crippen molar-refractivity contribution in [1.82, 2.24) is 10.2 Å². The van der Waals surface area contributed by atoms with Gasteiger partial charge in [-0.3, -0.25) is 13.9 Å². The van der Waals surface area contributed by atoms with E-state index in [0.29, 0.717) is 11.6 Å². The lowest BCUT2D eigenvalue weighted by Gasteiger charge is -2.34. The zero-order chi connectivity index (χ0) is 31.5. The van der Waals surface area contributed by atoms with Crippen LogP contribution in [0.3, 0.4) is 0 Å². The lowest BCUT2D eigenvalue weighted by molar-refractivity contribution is -0.140. The molecule has 1 atom stereocenters. The quantitative estimate of drug-likeness (QED) is 0.163. The standard InChI is InChI=1S/C35H38ClN3O4S/c1-3-4-21-37-35(41)33(23-28-14-7-5-8-15-28)38(25-29-16-11-13-27(2)22-29)34(40)26-39(31-18-12-17-30(36)24-31)44(42,43)32-19-9-6-10-20-32/h5-20,22,24,33H,3-4,21,23,25-26H2,1-2H3,(H,37,41)/t33-/m0/s1. The van der Waals surface area contributed by atoms with Gasteiger partial charge in [0, 0.05) is 24.5 Å². The molecular weight excluding hydrogens is 594 g/mol. The van der Waals surface area contributed by atoms with Crippen molar-refractivity contribution in [3.05, 3.63) is 131 Å². The van der Waals surface area contributed by atoms with Gasteiger partial charge < -0.3 is 10.2 Å². The van der Waals surface area contributed by atoms with Crippen molar-refractivity contribution < 1.29 is 18.0 Å². The van der Waals surface area contributed by atoms with Gasteiger partial charge in [-0.2, -0.15) is 0 Å². The molecule has 2 amide bonds. The van der Waals surface area contributed by atoms with Gasteiger partial charge in [-0.1, -0.05) is 109 Å². The van der Waals surface area contributed by atoms with Crippen LogP contribution in [0, 0.1) is 6.92 Å². The minimum Gasteiger partial charge on any atom is -0.354 e. The summed E-state index contributed by atoms with van der Waals surface area (Å²) in [5.74, 6) is -0.805. The smallest absolute Gasteiger partial charge is 0.264 e. The second-order valence-corrected chi connectivity index (χ2v) is 13.0. The Balaban J connectivity index is 1.78. The normalized spacial score (nSPS) is 11.9. The van der Waals surface area contributed by atoms with Crippen LogP contribution in [0.5, 0.6) is 0 Å². The highest BCUT2D eigenvalue weighted by atomic mass is 35.5. The van der Waals surface area contributed by atoms with Gasteiger partial charge in [0.1, 0.15) is 12.6 Å². The highest BCUT2D eigenvalue weighted by Crippen LogP contribution is 2.27. The maximum absolute atomic E-state index is 14.5. The van der Waals surface area contributed by atoms with Crippen LogP contribution in [0.25, 0.3) is 0 Å². The Bertz CT molecular complexity index is 1650. The fourth-order valence-corrected chi connectivity index (χ4v) is 6.56. The van der Waals surface area contributed by atoms with Crippen molar-refractivity contribution in [3.63, 3.8) is 0 Å². The van der Waals surface area contributed by atoms with Gasteiger partial charge in [0.2, 0.25) is 11.8 Å². The molecule has 7 nitrogen and oxygen atoms in total. The minimum atomic E-state index is -4.17. The van der Waals surface area contributed by atoms with E-state index in [2.05, 4.69) is 5.32 Å². The second kappa shape index (κ2) is 15.5. The first kappa shape index (κ1) is 32.8. The average Bonchev–Trinajstić information content (AvgIpc) is 3.02. The van der Waals surface area contributed by atoms with E-state index < -0.39 is 28.5 Å². The largest absolute Gasteiger partial charge is 0.354 e. The number of halogens is 1. The molecule has 4 rings (SSSR count). The lowest BCUT2D eigenvalue weighted by atomic mass is 10.0. The predicted octanol–water partition coefficient (Wildman–Crippen LogP) is 6.40. The predicted molar refractivity (Wildman–Crippen MR) is 176 cm³/mol. The Morgan fingerprint density at radius 2 is 1.50 bits per heavy atom. The van der Waals surface area contributed by atoms with Gasteiger partial charge in [-0.25, -0.2) is 8.42 Å². The fourth-order valence-electron chi connectivity index (χ4n) is 4.95. The fraction of sp³-hybridized carbons (Fsp3) is 0.257. The SMILES string of the molecule is CCCCNC(=O)[C@H](Cc1ccccc1)N(Cc1cccc(C)c1)C(=O)CN(c1cccc(Cl)c1)S(=O)(=O)c1ccccc1. The molecule has 0 spiro atoms. The van der Waals surface area contributed by atoms with E-state index in [9.17, 15) is 18.0 Å². The summed E-state index contributed by atoms with van der Waals surface area (Å²) >= 11 is 6.28. The number of carbonyl (C=O) groups is 2. The molecule has 4 aromatic carbocycles. The molecule has 44 heavy (non-hydrogen) atoms. The highest BCUT2D eigenvalue weighted by molar-refractivity contribution is 7.92. The molecule has 230 valence electrons. The van der Waals surface area contributed by atoms with Crippen LogP contribution < -0.4 is 9.62 Å². The molecule has 1 N–H and O–H groups in total. The molecule has 4 aromatic rings. The van der Waals surface area contributed by atoms with Crippen molar-refractivity contribution in [2.75, 3.05) is 17.4 Å².